The lowest BCUT2D eigenvalue weighted by molar-refractivity contribution is 1.14. The third kappa shape index (κ3) is 6.82. The summed E-state index contributed by atoms with van der Waals surface area (Å²) in [6, 6.07) is 86.9. The van der Waals surface area contributed by atoms with Crippen molar-refractivity contribution in [2.45, 2.75) is 0 Å². The van der Waals surface area contributed by atoms with Crippen LogP contribution in [-0.4, -0.2) is 9.55 Å². The van der Waals surface area contributed by atoms with Crippen LogP contribution in [0.2, 0.25) is 0 Å². The highest BCUT2D eigenvalue weighted by Gasteiger charge is 2.23. The van der Waals surface area contributed by atoms with Crippen molar-refractivity contribution in [2.75, 3.05) is 4.90 Å². The Labute approximate surface area is 362 Å². The van der Waals surface area contributed by atoms with Crippen LogP contribution in [0.1, 0.15) is 0 Å². The number of pyridine rings is 1. The Kier molecular flexibility index (Phi) is 9.53. The molecule has 2 aromatic heterocycles. The maximum absolute atomic E-state index is 4.78. The molecule has 0 unspecified atom stereocenters. The zero-order valence-corrected chi connectivity index (χ0v) is 34.0. The predicted octanol–water partition coefficient (Wildman–Crippen LogP) is 16.0. The molecule has 0 amide bonds. The van der Waals surface area contributed by atoms with Crippen molar-refractivity contribution in [3.8, 4) is 61.5 Å². The molecule has 3 nitrogen and oxygen atoms in total. The van der Waals surface area contributed by atoms with Gasteiger partial charge in [-0.1, -0.05) is 170 Å². The van der Waals surface area contributed by atoms with E-state index in [1.165, 1.54) is 38.8 Å². The molecule has 3 heteroatoms. The monoisotopic (exact) mass is 791 g/mol. The molecular formula is C59H41N3. The lowest BCUT2D eigenvalue weighted by Crippen LogP contribution is -2.09. The maximum atomic E-state index is 4.78. The van der Waals surface area contributed by atoms with Gasteiger partial charge < -0.3 is 9.47 Å². The summed E-state index contributed by atoms with van der Waals surface area (Å²) in [5, 5.41) is 2.32. The molecule has 0 fully saturated rings. The lowest BCUT2D eigenvalue weighted by atomic mass is 9.97. The average Bonchev–Trinajstić information content (AvgIpc) is 3.72. The molecule has 9 aromatic carbocycles. The lowest BCUT2D eigenvalue weighted by Gasteiger charge is -2.26. The van der Waals surface area contributed by atoms with Crippen molar-refractivity contribution in [2.24, 2.45) is 0 Å². The van der Waals surface area contributed by atoms with Crippen LogP contribution in [0.15, 0.2) is 249 Å². The Morgan fingerprint density at radius 2 is 0.710 bits per heavy atom. The smallest absolute Gasteiger partial charge is 0.0723 e. The zero-order chi connectivity index (χ0) is 41.2. The summed E-state index contributed by atoms with van der Waals surface area (Å²) in [4.78, 5) is 7.11. The van der Waals surface area contributed by atoms with Gasteiger partial charge in [-0.15, -0.1) is 0 Å². The van der Waals surface area contributed by atoms with Gasteiger partial charge in [-0.2, -0.15) is 0 Å². The van der Waals surface area contributed by atoms with Gasteiger partial charge in [-0.3, -0.25) is 4.98 Å². The Morgan fingerprint density at radius 3 is 1.18 bits per heavy atom. The van der Waals surface area contributed by atoms with Crippen molar-refractivity contribution in [1.29, 1.82) is 0 Å². The summed E-state index contributed by atoms with van der Waals surface area (Å²) in [6.45, 7) is 0. The molecule has 0 saturated heterocycles. The molecule has 0 spiro atoms. The summed E-state index contributed by atoms with van der Waals surface area (Å²) in [6.07, 6.45) is 1.88. The fourth-order valence-corrected chi connectivity index (χ4v) is 8.88. The van der Waals surface area contributed by atoms with E-state index in [4.69, 9.17) is 4.98 Å². The average molecular weight is 792 g/mol. The standard InChI is InChI=1S/C59H41N3/c1-5-14-42(15-6-1)44-23-31-50(32-24-44)61(51-33-25-45(26-34-51)43-16-7-2-8-17-43)52-35-27-46(28-36-52)47-29-37-53(38-30-47)62-58(49-20-11-4-12-21-49)57(48-18-9-3-10-19-48)55-39-40-56-54(59(55)62)22-13-41-60-56/h1-41H. The first kappa shape index (κ1) is 36.8. The van der Waals surface area contributed by atoms with Crippen molar-refractivity contribution in [3.63, 3.8) is 0 Å². The van der Waals surface area contributed by atoms with Crippen molar-refractivity contribution >= 4 is 38.9 Å². The number of fused-ring (bicyclic) bond motifs is 3. The van der Waals surface area contributed by atoms with Gasteiger partial charge in [0, 0.05) is 45.3 Å². The summed E-state index contributed by atoms with van der Waals surface area (Å²) in [5.41, 5.74) is 18.3. The minimum absolute atomic E-state index is 0.975. The highest BCUT2D eigenvalue weighted by atomic mass is 15.1. The minimum Gasteiger partial charge on any atom is -0.311 e. The number of benzene rings is 9. The molecule has 2 heterocycles. The van der Waals surface area contributed by atoms with Crippen LogP contribution in [-0.2, 0) is 0 Å². The normalized spacial score (nSPS) is 11.2. The van der Waals surface area contributed by atoms with Gasteiger partial charge in [0.25, 0.3) is 0 Å². The SMILES string of the molecule is c1ccc(-c2ccc(N(c3ccc(-c4ccccc4)cc3)c3ccc(-c4ccc(-n5c(-c6ccccc6)c(-c6ccccc6)c6ccc7ncccc7c65)cc4)cc3)cc2)cc1. The second-order valence-corrected chi connectivity index (χ2v) is 15.6. The first-order valence-electron chi connectivity index (χ1n) is 21.1. The Bertz CT molecular complexity index is 3180. The van der Waals surface area contributed by atoms with E-state index < -0.39 is 0 Å². The molecule has 0 N–H and O–H groups in total. The second-order valence-electron chi connectivity index (χ2n) is 15.6. The fraction of sp³-hybridized carbons (Fsp3) is 0. The van der Waals surface area contributed by atoms with Gasteiger partial charge in [-0.05, 0) is 117 Å². The molecule has 11 rings (SSSR count). The van der Waals surface area contributed by atoms with Crippen LogP contribution in [0.3, 0.4) is 0 Å². The Hall–Kier alpha value is -8.27. The van der Waals surface area contributed by atoms with Crippen LogP contribution in [0.5, 0.6) is 0 Å². The van der Waals surface area contributed by atoms with Crippen molar-refractivity contribution in [1.82, 2.24) is 9.55 Å². The van der Waals surface area contributed by atoms with E-state index in [0.717, 1.165) is 61.6 Å². The third-order valence-electron chi connectivity index (χ3n) is 11.9. The summed E-state index contributed by atoms with van der Waals surface area (Å²) < 4.78 is 2.44. The Balaban J connectivity index is 0.988. The van der Waals surface area contributed by atoms with Gasteiger partial charge in [0.2, 0.25) is 0 Å². The van der Waals surface area contributed by atoms with E-state index in [-0.39, 0.29) is 0 Å². The van der Waals surface area contributed by atoms with Crippen LogP contribution >= 0.6 is 0 Å². The van der Waals surface area contributed by atoms with E-state index in [1.807, 2.05) is 12.3 Å². The number of anilines is 3. The van der Waals surface area contributed by atoms with E-state index in [1.54, 1.807) is 0 Å². The van der Waals surface area contributed by atoms with Gasteiger partial charge in [0.1, 0.15) is 0 Å². The van der Waals surface area contributed by atoms with E-state index in [0.29, 0.717) is 0 Å². The van der Waals surface area contributed by atoms with Crippen LogP contribution in [0.4, 0.5) is 17.1 Å². The molecular weight excluding hydrogens is 751 g/mol. The van der Waals surface area contributed by atoms with Gasteiger partial charge in [0.05, 0.1) is 16.7 Å². The number of hydrogen-bond acceptors (Lipinski definition) is 2. The third-order valence-corrected chi connectivity index (χ3v) is 11.9. The zero-order valence-electron chi connectivity index (χ0n) is 34.0. The summed E-state index contributed by atoms with van der Waals surface area (Å²) >= 11 is 0. The molecule has 0 bridgehead atoms. The fourth-order valence-electron chi connectivity index (χ4n) is 8.88. The van der Waals surface area contributed by atoms with Crippen LogP contribution in [0.25, 0.3) is 83.3 Å². The molecule has 11 aromatic rings. The molecule has 0 atom stereocenters. The number of nitrogens with zero attached hydrogens (tertiary/aromatic N) is 3. The number of rotatable bonds is 9. The highest BCUT2D eigenvalue weighted by molar-refractivity contribution is 6.15. The first-order chi connectivity index (χ1) is 30.8. The number of aromatic nitrogens is 2. The largest absolute Gasteiger partial charge is 0.311 e. The molecule has 0 saturated carbocycles. The minimum atomic E-state index is 0.975. The molecule has 0 aliphatic carbocycles. The topological polar surface area (TPSA) is 21.1 Å². The molecule has 0 radical (unpaired) electrons. The molecule has 0 aliphatic heterocycles. The molecule has 292 valence electrons. The quantitative estimate of drug-likeness (QED) is 0.145. The number of hydrogen-bond donors (Lipinski definition) is 0. The molecule has 0 aliphatic rings. The first-order valence-corrected chi connectivity index (χ1v) is 21.1. The highest BCUT2D eigenvalue weighted by Crippen LogP contribution is 2.45. The second kappa shape index (κ2) is 16.1. The van der Waals surface area contributed by atoms with Crippen LogP contribution in [0, 0.1) is 0 Å². The summed E-state index contributed by atoms with van der Waals surface area (Å²) in [5.74, 6) is 0. The summed E-state index contributed by atoms with van der Waals surface area (Å²) in [7, 11) is 0. The van der Waals surface area contributed by atoms with Crippen molar-refractivity contribution in [3.05, 3.63) is 249 Å². The Morgan fingerprint density at radius 1 is 0.306 bits per heavy atom. The predicted molar refractivity (Wildman–Crippen MR) is 260 cm³/mol. The van der Waals surface area contributed by atoms with Gasteiger partial charge >= 0.3 is 0 Å². The molecule has 62 heavy (non-hydrogen) atoms. The van der Waals surface area contributed by atoms with Crippen LogP contribution < -0.4 is 4.90 Å². The van der Waals surface area contributed by atoms with Gasteiger partial charge in [-0.25, -0.2) is 0 Å². The van der Waals surface area contributed by atoms with E-state index in [2.05, 4.69) is 246 Å². The van der Waals surface area contributed by atoms with E-state index >= 15 is 0 Å². The van der Waals surface area contributed by atoms with Crippen molar-refractivity contribution < 1.29 is 0 Å². The van der Waals surface area contributed by atoms with E-state index in [9.17, 15) is 0 Å². The maximum Gasteiger partial charge on any atom is 0.0723 e. The van der Waals surface area contributed by atoms with Gasteiger partial charge in [0.15, 0.2) is 0 Å².